The highest BCUT2D eigenvalue weighted by Gasteiger charge is 2.13. The molecule has 0 spiro atoms. The molecule has 0 aromatic carbocycles. The first-order valence-electron chi connectivity index (χ1n) is 7.73. The minimum Gasteiger partial charge on any atom is -0.425 e. The lowest BCUT2D eigenvalue weighted by Gasteiger charge is -2.28. The van der Waals surface area contributed by atoms with E-state index in [-0.39, 0.29) is 11.6 Å². The zero-order chi connectivity index (χ0) is 16.4. The Labute approximate surface area is 137 Å². The molecule has 0 bridgehead atoms. The zero-order valence-electron chi connectivity index (χ0n) is 12.9. The summed E-state index contributed by atoms with van der Waals surface area (Å²) >= 11 is 0. The number of pyridine rings is 2. The maximum absolute atomic E-state index is 12.1. The number of hydrogen-bond donors (Lipinski definition) is 2. The van der Waals surface area contributed by atoms with E-state index in [2.05, 4.69) is 30.2 Å². The number of nitrogens with zero attached hydrogens (tertiary/aromatic N) is 4. The third-order valence-corrected chi connectivity index (χ3v) is 3.86. The first-order chi connectivity index (χ1) is 11.8. The summed E-state index contributed by atoms with van der Waals surface area (Å²) in [5, 5.41) is 3.79. The monoisotopic (exact) mass is 324 g/mol. The van der Waals surface area contributed by atoms with Crippen LogP contribution in [0.1, 0.15) is 0 Å². The molecule has 0 saturated carbocycles. The molecule has 1 aliphatic heterocycles. The Morgan fingerprint density at radius 3 is 2.92 bits per heavy atom. The first kappa shape index (κ1) is 14.6. The normalized spacial score (nSPS) is 14.8. The van der Waals surface area contributed by atoms with Gasteiger partial charge in [0.05, 0.1) is 17.1 Å². The van der Waals surface area contributed by atoms with Gasteiger partial charge in [0.2, 0.25) is 0 Å². The lowest BCUT2D eigenvalue weighted by molar-refractivity contribution is 0.442. The third-order valence-electron chi connectivity index (χ3n) is 3.86. The van der Waals surface area contributed by atoms with Gasteiger partial charge in [-0.05, 0) is 12.1 Å². The van der Waals surface area contributed by atoms with E-state index in [1.807, 2.05) is 6.07 Å². The Bertz CT molecular complexity index is 920. The molecular weight excluding hydrogens is 308 g/mol. The van der Waals surface area contributed by atoms with E-state index < -0.39 is 0 Å². The number of aromatic amines is 1. The molecule has 4 heterocycles. The van der Waals surface area contributed by atoms with Crippen LogP contribution >= 0.6 is 0 Å². The van der Waals surface area contributed by atoms with Crippen LogP contribution in [-0.4, -0.2) is 46.1 Å². The van der Waals surface area contributed by atoms with Crippen molar-refractivity contribution in [2.75, 3.05) is 31.1 Å². The number of piperazine rings is 1. The minimum atomic E-state index is -0.256. The van der Waals surface area contributed by atoms with Crippen molar-refractivity contribution in [1.82, 2.24) is 25.3 Å². The summed E-state index contributed by atoms with van der Waals surface area (Å²) in [5.41, 5.74) is 0.237. The van der Waals surface area contributed by atoms with E-state index in [9.17, 15) is 4.79 Å². The van der Waals surface area contributed by atoms with E-state index in [4.69, 9.17) is 4.74 Å². The van der Waals surface area contributed by atoms with Crippen LogP contribution in [0.4, 0.5) is 5.82 Å². The number of fused-ring (bicyclic) bond motifs is 1. The van der Waals surface area contributed by atoms with Gasteiger partial charge in [-0.2, -0.15) is 4.98 Å². The van der Waals surface area contributed by atoms with Gasteiger partial charge in [-0.15, -0.1) is 0 Å². The smallest absolute Gasteiger partial charge is 0.302 e. The second kappa shape index (κ2) is 6.25. The molecule has 0 unspecified atom stereocenters. The molecule has 3 aromatic heterocycles. The molecule has 122 valence electrons. The van der Waals surface area contributed by atoms with Crippen LogP contribution in [0.5, 0.6) is 11.8 Å². The van der Waals surface area contributed by atoms with Gasteiger partial charge in [0, 0.05) is 44.6 Å². The highest BCUT2D eigenvalue weighted by Crippen LogP contribution is 2.22. The van der Waals surface area contributed by atoms with Crippen LogP contribution in [0.2, 0.25) is 0 Å². The SMILES string of the molecule is O=c1[nH]c(Oc2ccnc(N3CCNCC3)c2)nc2cnccc12. The van der Waals surface area contributed by atoms with Crippen LogP contribution in [0.25, 0.3) is 10.9 Å². The van der Waals surface area contributed by atoms with E-state index in [1.54, 1.807) is 24.5 Å². The van der Waals surface area contributed by atoms with Crippen LogP contribution in [-0.2, 0) is 0 Å². The molecule has 1 saturated heterocycles. The summed E-state index contributed by atoms with van der Waals surface area (Å²) in [6, 6.07) is 5.34. The van der Waals surface area contributed by atoms with Gasteiger partial charge >= 0.3 is 6.01 Å². The van der Waals surface area contributed by atoms with Crippen LogP contribution in [0.3, 0.4) is 0 Å². The Morgan fingerprint density at radius 1 is 1.17 bits per heavy atom. The van der Waals surface area contributed by atoms with Gasteiger partial charge in [-0.1, -0.05) is 0 Å². The second-order valence-electron chi connectivity index (χ2n) is 5.45. The highest BCUT2D eigenvalue weighted by molar-refractivity contribution is 5.76. The topological polar surface area (TPSA) is 96.0 Å². The Morgan fingerprint density at radius 2 is 2.04 bits per heavy atom. The van der Waals surface area contributed by atoms with E-state index in [1.165, 1.54) is 6.20 Å². The standard InChI is InChI=1S/C16H16N6O2/c23-15-12-2-3-18-10-13(12)20-16(21-15)24-11-1-4-19-14(9-11)22-7-5-17-6-8-22/h1-4,9-10,17H,5-8H2,(H,20,21,23). The summed E-state index contributed by atoms with van der Waals surface area (Å²) in [7, 11) is 0. The number of nitrogens with one attached hydrogen (secondary N) is 2. The molecular formula is C16H16N6O2. The number of aromatic nitrogens is 4. The summed E-state index contributed by atoms with van der Waals surface area (Å²) in [4.78, 5) is 29.6. The van der Waals surface area contributed by atoms with Crippen molar-refractivity contribution in [3.8, 4) is 11.8 Å². The van der Waals surface area contributed by atoms with Gasteiger partial charge < -0.3 is 15.0 Å². The molecule has 24 heavy (non-hydrogen) atoms. The average molecular weight is 324 g/mol. The molecule has 0 radical (unpaired) electrons. The lowest BCUT2D eigenvalue weighted by Crippen LogP contribution is -2.43. The van der Waals surface area contributed by atoms with Crippen molar-refractivity contribution in [2.24, 2.45) is 0 Å². The van der Waals surface area contributed by atoms with Crippen molar-refractivity contribution in [3.63, 3.8) is 0 Å². The fourth-order valence-electron chi connectivity index (χ4n) is 2.66. The second-order valence-corrected chi connectivity index (χ2v) is 5.45. The van der Waals surface area contributed by atoms with Gasteiger partial charge in [0.25, 0.3) is 5.56 Å². The van der Waals surface area contributed by atoms with Crippen LogP contribution in [0, 0.1) is 0 Å². The number of rotatable bonds is 3. The van der Waals surface area contributed by atoms with Crippen molar-refractivity contribution in [3.05, 3.63) is 47.1 Å². The zero-order valence-corrected chi connectivity index (χ0v) is 12.9. The molecule has 8 nitrogen and oxygen atoms in total. The molecule has 1 aliphatic rings. The molecule has 8 heteroatoms. The lowest BCUT2D eigenvalue weighted by atomic mass is 10.3. The van der Waals surface area contributed by atoms with Gasteiger partial charge in [0.15, 0.2) is 0 Å². The molecule has 0 atom stereocenters. The van der Waals surface area contributed by atoms with E-state index >= 15 is 0 Å². The van der Waals surface area contributed by atoms with Crippen molar-refractivity contribution in [1.29, 1.82) is 0 Å². The predicted octanol–water partition coefficient (Wildman–Crippen LogP) is 0.915. The average Bonchev–Trinajstić information content (AvgIpc) is 2.63. The Hall–Kier alpha value is -3.00. The van der Waals surface area contributed by atoms with Crippen molar-refractivity contribution >= 4 is 16.7 Å². The molecule has 0 aliphatic carbocycles. The van der Waals surface area contributed by atoms with Gasteiger partial charge in [-0.25, -0.2) is 4.98 Å². The largest absolute Gasteiger partial charge is 0.425 e. The summed E-state index contributed by atoms with van der Waals surface area (Å²) in [6.45, 7) is 3.65. The summed E-state index contributed by atoms with van der Waals surface area (Å²) in [6.07, 6.45) is 4.78. The van der Waals surface area contributed by atoms with Gasteiger partial charge in [-0.3, -0.25) is 14.8 Å². The first-order valence-corrected chi connectivity index (χ1v) is 7.73. The van der Waals surface area contributed by atoms with Crippen LogP contribution in [0.15, 0.2) is 41.6 Å². The van der Waals surface area contributed by atoms with Crippen molar-refractivity contribution < 1.29 is 4.74 Å². The molecule has 3 aromatic rings. The third kappa shape index (κ3) is 2.91. The number of H-pyrrole nitrogens is 1. The van der Waals surface area contributed by atoms with Crippen LogP contribution < -0.4 is 20.5 Å². The fraction of sp³-hybridized carbons (Fsp3) is 0.250. The number of hydrogen-bond acceptors (Lipinski definition) is 7. The fourth-order valence-corrected chi connectivity index (χ4v) is 2.66. The Balaban J connectivity index is 1.62. The number of anilines is 1. The number of ether oxygens (including phenoxy) is 1. The molecule has 4 rings (SSSR count). The van der Waals surface area contributed by atoms with Crippen molar-refractivity contribution in [2.45, 2.75) is 0 Å². The molecule has 2 N–H and O–H groups in total. The maximum Gasteiger partial charge on any atom is 0.302 e. The summed E-state index contributed by atoms with van der Waals surface area (Å²) in [5.74, 6) is 1.42. The van der Waals surface area contributed by atoms with E-state index in [0.717, 1.165) is 32.0 Å². The van der Waals surface area contributed by atoms with E-state index in [0.29, 0.717) is 16.7 Å². The molecule has 0 amide bonds. The quantitative estimate of drug-likeness (QED) is 0.739. The molecule has 1 fully saturated rings. The van der Waals surface area contributed by atoms with Gasteiger partial charge in [0.1, 0.15) is 11.6 Å². The highest BCUT2D eigenvalue weighted by atomic mass is 16.5. The Kier molecular flexibility index (Phi) is 3.80. The minimum absolute atomic E-state index is 0.137. The maximum atomic E-state index is 12.1. The predicted molar refractivity (Wildman–Crippen MR) is 89.6 cm³/mol. The summed E-state index contributed by atoms with van der Waals surface area (Å²) < 4.78 is 5.72.